The number of nitrogens with one attached hydrogen (secondary N) is 2. The first-order valence-corrected chi connectivity index (χ1v) is 7.54. The zero-order valence-electron chi connectivity index (χ0n) is 12.3. The van der Waals surface area contributed by atoms with Crippen LogP contribution in [0.3, 0.4) is 0 Å². The minimum absolute atomic E-state index is 0.0290. The Morgan fingerprint density at radius 1 is 1.52 bits per heavy atom. The quantitative estimate of drug-likeness (QED) is 0.849. The third-order valence-electron chi connectivity index (χ3n) is 3.97. The van der Waals surface area contributed by atoms with Crippen molar-refractivity contribution < 1.29 is 4.79 Å². The fourth-order valence-electron chi connectivity index (χ4n) is 2.40. The molecule has 2 N–H and O–H groups in total. The van der Waals surface area contributed by atoms with Crippen LogP contribution >= 0.6 is 11.6 Å². The van der Waals surface area contributed by atoms with Gasteiger partial charge >= 0.3 is 0 Å². The van der Waals surface area contributed by atoms with Crippen molar-refractivity contribution in [3.8, 4) is 6.07 Å². The zero-order chi connectivity index (χ0) is 15.5. The van der Waals surface area contributed by atoms with Crippen LogP contribution in [-0.2, 0) is 4.79 Å². The maximum absolute atomic E-state index is 12.0. The monoisotopic (exact) mass is 305 g/mol. The number of rotatable bonds is 6. The topological polar surface area (TPSA) is 64.9 Å². The van der Waals surface area contributed by atoms with Crippen LogP contribution in [0.25, 0.3) is 0 Å². The van der Waals surface area contributed by atoms with Crippen LogP contribution < -0.4 is 10.6 Å². The lowest BCUT2D eigenvalue weighted by Crippen LogP contribution is -2.49. The van der Waals surface area contributed by atoms with Crippen molar-refractivity contribution in [2.45, 2.75) is 38.3 Å². The SMILES string of the molecule is C[C@@H](NCC(=O)N[C@](C)(C#N)C1CC1)c1ccccc1Cl. The average Bonchev–Trinajstić information content (AvgIpc) is 3.30. The molecule has 0 aliphatic heterocycles. The van der Waals surface area contributed by atoms with E-state index in [-0.39, 0.29) is 24.4 Å². The second kappa shape index (κ2) is 6.46. The normalized spacial score (nSPS) is 18.4. The molecule has 0 spiro atoms. The van der Waals surface area contributed by atoms with Gasteiger partial charge in [-0.25, -0.2) is 0 Å². The summed E-state index contributed by atoms with van der Waals surface area (Å²) < 4.78 is 0. The van der Waals surface area contributed by atoms with Crippen LogP contribution in [0.15, 0.2) is 24.3 Å². The summed E-state index contributed by atoms with van der Waals surface area (Å²) in [5, 5.41) is 15.9. The minimum Gasteiger partial charge on any atom is -0.337 e. The van der Waals surface area contributed by atoms with Crippen molar-refractivity contribution in [2.24, 2.45) is 5.92 Å². The molecule has 0 unspecified atom stereocenters. The summed E-state index contributed by atoms with van der Waals surface area (Å²) in [6.07, 6.45) is 2.02. The van der Waals surface area contributed by atoms with Gasteiger partial charge in [0.1, 0.15) is 5.54 Å². The third-order valence-corrected chi connectivity index (χ3v) is 4.31. The molecule has 2 rings (SSSR count). The second-order valence-corrected chi connectivity index (χ2v) is 6.17. The van der Waals surface area contributed by atoms with Crippen LogP contribution in [0.1, 0.15) is 38.3 Å². The highest BCUT2D eigenvalue weighted by molar-refractivity contribution is 6.31. The van der Waals surface area contributed by atoms with Crippen LogP contribution in [0.4, 0.5) is 0 Å². The minimum atomic E-state index is -0.744. The number of hydrogen-bond donors (Lipinski definition) is 2. The predicted molar refractivity (Wildman–Crippen MR) is 82.8 cm³/mol. The van der Waals surface area contributed by atoms with Crippen molar-refractivity contribution in [1.82, 2.24) is 10.6 Å². The van der Waals surface area contributed by atoms with Crippen LogP contribution in [-0.4, -0.2) is 18.0 Å². The van der Waals surface area contributed by atoms with Crippen molar-refractivity contribution in [1.29, 1.82) is 5.26 Å². The lowest BCUT2D eigenvalue weighted by Gasteiger charge is -2.23. The molecule has 4 nitrogen and oxygen atoms in total. The third kappa shape index (κ3) is 3.96. The summed E-state index contributed by atoms with van der Waals surface area (Å²) in [6, 6.07) is 9.74. The lowest BCUT2D eigenvalue weighted by molar-refractivity contribution is -0.121. The van der Waals surface area contributed by atoms with Crippen LogP contribution in [0.5, 0.6) is 0 Å². The molecule has 0 bridgehead atoms. The molecule has 2 atom stereocenters. The molecule has 1 aromatic rings. The number of amides is 1. The Morgan fingerprint density at radius 3 is 2.76 bits per heavy atom. The number of carbonyl (C=O) groups is 1. The highest BCUT2D eigenvalue weighted by Gasteiger charge is 2.42. The summed E-state index contributed by atoms with van der Waals surface area (Å²) in [5.74, 6) is 0.122. The Hall–Kier alpha value is -1.57. The molecule has 0 heterocycles. The molecular formula is C16H20ClN3O. The maximum atomic E-state index is 12.0. The van der Waals surface area contributed by atoms with E-state index in [1.165, 1.54) is 0 Å². The second-order valence-electron chi connectivity index (χ2n) is 5.76. The molecule has 0 saturated heterocycles. The van der Waals surface area contributed by atoms with Gasteiger partial charge in [-0.3, -0.25) is 4.79 Å². The van der Waals surface area contributed by atoms with Gasteiger partial charge in [0.25, 0.3) is 0 Å². The van der Waals surface area contributed by atoms with E-state index in [1.807, 2.05) is 31.2 Å². The molecule has 1 amide bonds. The van der Waals surface area contributed by atoms with Gasteiger partial charge in [0.2, 0.25) is 5.91 Å². The van der Waals surface area contributed by atoms with E-state index in [0.29, 0.717) is 5.02 Å². The Bertz CT molecular complexity index is 565. The molecule has 1 fully saturated rings. The molecule has 0 aromatic heterocycles. The largest absolute Gasteiger partial charge is 0.337 e. The molecule has 21 heavy (non-hydrogen) atoms. The zero-order valence-corrected chi connectivity index (χ0v) is 13.1. The van der Waals surface area contributed by atoms with Gasteiger partial charge in [0.15, 0.2) is 0 Å². The maximum Gasteiger partial charge on any atom is 0.235 e. The number of nitrogens with zero attached hydrogens (tertiary/aromatic N) is 1. The van der Waals surface area contributed by atoms with Gasteiger partial charge in [-0.05, 0) is 44.2 Å². The van der Waals surface area contributed by atoms with Crippen molar-refractivity contribution in [3.05, 3.63) is 34.9 Å². The van der Waals surface area contributed by atoms with Crippen molar-refractivity contribution >= 4 is 17.5 Å². The summed E-state index contributed by atoms with van der Waals surface area (Å²) >= 11 is 6.13. The van der Waals surface area contributed by atoms with E-state index in [4.69, 9.17) is 11.6 Å². The van der Waals surface area contributed by atoms with Crippen molar-refractivity contribution in [3.63, 3.8) is 0 Å². The Morgan fingerprint density at radius 2 is 2.19 bits per heavy atom. The number of halogens is 1. The molecule has 0 radical (unpaired) electrons. The summed E-state index contributed by atoms with van der Waals surface area (Å²) in [6.45, 7) is 3.91. The Labute approximate surface area is 130 Å². The van der Waals surface area contributed by atoms with Crippen molar-refractivity contribution in [2.75, 3.05) is 6.54 Å². The number of nitriles is 1. The summed E-state index contributed by atoms with van der Waals surface area (Å²) in [7, 11) is 0. The van der Waals surface area contributed by atoms with E-state index in [9.17, 15) is 10.1 Å². The molecule has 1 aromatic carbocycles. The van der Waals surface area contributed by atoms with E-state index in [2.05, 4.69) is 16.7 Å². The smallest absolute Gasteiger partial charge is 0.235 e. The standard InChI is InChI=1S/C16H20ClN3O/c1-11(13-5-3-4-6-14(13)17)19-9-15(21)20-16(2,10-18)12-7-8-12/h3-6,11-12,19H,7-9H2,1-2H3,(H,20,21)/t11-,16-/m1/s1. The molecule has 112 valence electrons. The van der Waals surface area contributed by atoms with Gasteiger partial charge < -0.3 is 10.6 Å². The first-order valence-electron chi connectivity index (χ1n) is 7.16. The summed E-state index contributed by atoms with van der Waals surface area (Å²) in [5.41, 5.74) is 0.212. The molecular weight excluding hydrogens is 286 g/mol. The van der Waals surface area contributed by atoms with Gasteiger partial charge in [-0.2, -0.15) is 5.26 Å². The first kappa shape index (κ1) is 15.8. The van der Waals surface area contributed by atoms with Crippen LogP contribution in [0, 0.1) is 17.2 Å². The van der Waals surface area contributed by atoms with Crippen LogP contribution in [0.2, 0.25) is 5.02 Å². The highest BCUT2D eigenvalue weighted by Crippen LogP contribution is 2.39. The lowest BCUT2D eigenvalue weighted by atomic mass is 9.98. The van der Waals surface area contributed by atoms with Gasteiger partial charge in [0.05, 0.1) is 12.6 Å². The fourth-order valence-corrected chi connectivity index (χ4v) is 2.70. The molecule has 1 aliphatic carbocycles. The van der Waals surface area contributed by atoms with Gasteiger partial charge in [-0.15, -0.1) is 0 Å². The molecule has 5 heteroatoms. The highest BCUT2D eigenvalue weighted by atomic mass is 35.5. The van der Waals surface area contributed by atoms with E-state index < -0.39 is 5.54 Å². The van der Waals surface area contributed by atoms with E-state index >= 15 is 0 Å². The Kier molecular flexibility index (Phi) is 4.87. The van der Waals surface area contributed by atoms with Gasteiger partial charge in [-0.1, -0.05) is 29.8 Å². The number of benzene rings is 1. The number of hydrogen-bond acceptors (Lipinski definition) is 3. The van der Waals surface area contributed by atoms with E-state index in [1.54, 1.807) is 6.92 Å². The predicted octanol–water partition coefficient (Wildman–Crippen LogP) is 2.80. The fraction of sp³-hybridized carbons (Fsp3) is 0.500. The first-order chi connectivity index (χ1) is 9.96. The molecule has 1 saturated carbocycles. The summed E-state index contributed by atoms with van der Waals surface area (Å²) in [4.78, 5) is 12.0. The number of carbonyl (C=O) groups excluding carboxylic acids is 1. The van der Waals surface area contributed by atoms with E-state index in [0.717, 1.165) is 18.4 Å². The van der Waals surface area contributed by atoms with Gasteiger partial charge in [0, 0.05) is 11.1 Å². The molecule has 1 aliphatic rings. The average molecular weight is 306 g/mol. The Balaban J connectivity index is 1.87.